The minimum Gasteiger partial charge on any atom is -0.298 e. The van der Waals surface area contributed by atoms with E-state index in [0.29, 0.717) is 0 Å². The molecule has 0 aliphatic carbocycles. The topological polar surface area (TPSA) is 17.1 Å². The molecule has 33 heavy (non-hydrogen) atoms. The van der Waals surface area contributed by atoms with Crippen LogP contribution >= 0.6 is 7.92 Å². The first-order valence-electron chi connectivity index (χ1n) is 11.3. The van der Waals surface area contributed by atoms with Crippen molar-refractivity contribution in [3.05, 3.63) is 161 Å². The average molecular weight is 442 g/mol. The first-order valence-corrected chi connectivity index (χ1v) is 12.7. The average Bonchev–Trinajstić information content (AvgIpc) is 3.40. The first kappa shape index (κ1) is 20.1. The molecule has 6 rings (SSSR count). The molecule has 4 aromatic carbocycles. The van der Waals surface area contributed by atoms with Gasteiger partial charge in [-0.2, -0.15) is 0 Å². The summed E-state index contributed by atoms with van der Waals surface area (Å²) in [6.07, 6.45) is 3.60. The zero-order valence-electron chi connectivity index (χ0n) is 18.1. The zero-order valence-corrected chi connectivity index (χ0v) is 19.0. The van der Waals surface area contributed by atoms with Gasteiger partial charge in [0.1, 0.15) is 0 Å². The molecule has 0 saturated carbocycles. The summed E-state index contributed by atoms with van der Waals surface area (Å²) in [5.74, 6) is 0. The van der Waals surface area contributed by atoms with Gasteiger partial charge in [0.25, 0.3) is 0 Å². The van der Waals surface area contributed by atoms with Crippen LogP contribution in [0.25, 0.3) is 5.57 Å². The molecule has 0 saturated heterocycles. The third-order valence-corrected chi connectivity index (χ3v) is 10.2. The molecule has 1 nitrogen and oxygen atoms in total. The van der Waals surface area contributed by atoms with Gasteiger partial charge in [0.05, 0.1) is 5.16 Å². The number of hydrogen-bond acceptors (Lipinski definition) is 1. The van der Waals surface area contributed by atoms with Crippen molar-refractivity contribution in [2.24, 2.45) is 0 Å². The third-order valence-electron chi connectivity index (χ3n) is 6.84. The van der Waals surface area contributed by atoms with Crippen LogP contribution in [0.1, 0.15) is 27.9 Å². The molecule has 0 radical (unpaired) electrons. The van der Waals surface area contributed by atoms with Crippen LogP contribution < -0.4 is 0 Å². The van der Waals surface area contributed by atoms with Crippen LogP contribution in [0, 0.1) is 0 Å². The monoisotopic (exact) mass is 442 g/mol. The summed E-state index contributed by atoms with van der Waals surface area (Å²) in [5, 5.41) is 0.620. The number of rotatable bonds is 5. The van der Waals surface area contributed by atoms with E-state index in [-0.39, 0.29) is 10.8 Å². The number of fused-ring (bicyclic) bond motifs is 2. The number of aldehydes is 1. The number of hydrogen-bond donors (Lipinski definition) is 0. The van der Waals surface area contributed by atoms with Crippen molar-refractivity contribution in [3.63, 3.8) is 0 Å². The maximum absolute atomic E-state index is 12.8. The van der Waals surface area contributed by atoms with Crippen molar-refractivity contribution in [1.82, 2.24) is 0 Å². The van der Waals surface area contributed by atoms with E-state index in [0.717, 1.165) is 22.7 Å². The second kappa shape index (κ2) is 8.10. The van der Waals surface area contributed by atoms with E-state index in [2.05, 4.69) is 121 Å². The second-order valence-corrected chi connectivity index (χ2v) is 10.9. The molecule has 2 unspecified atom stereocenters. The molecule has 2 aliphatic rings. The summed E-state index contributed by atoms with van der Waals surface area (Å²) in [4.78, 5) is 12.8. The Balaban J connectivity index is 1.69. The lowest BCUT2D eigenvalue weighted by Gasteiger charge is -2.37. The van der Waals surface area contributed by atoms with Gasteiger partial charge in [0.15, 0.2) is 6.29 Å². The SMILES string of the molecule is O=CC1=C(c2ccccc2)C2=CC(c3ccccc3)P1C2(c1ccccc1)c1ccccc1. The van der Waals surface area contributed by atoms with Crippen molar-refractivity contribution in [3.8, 4) is 0 Å². The molecule has 2 aliphatic heterocycles. The fraction of sp³-hybridized carbons (Fsp3) is 0.0645. The summed E-state index contributed by atoms with van der Waals surface area (Å²) in [6, 6.07) is 42.7. The Morgan fingerprint density at radius 2 is 1.12 bits per heavy atom. The number of carbonyl (C=O) groups excluding carboxylic acids is 1. The van der Waals surface area contributed by atoms with E-state index in [9.17, 15) is 4.79 Å². The molecule has 2 atom stereocenters. The highest BCUT2D eigenvalue weighted by molar-refractivity contribution is 7.67. The van der Waals surface area contributed by atoms with E-state index in [1.165, 1.54) is 22.3 Å². The molecule has 0 spiro atoms. The van der Waals surface area contributed by atoms with Gasteiger partial charge in [-0.15, -0.1) is 0 Å². The van der Waals surface area contributed by atoms with Crippen LogP contribution in [0.2, 0.25) is 0 Å². The highest BCUT2D eigenvalue weighted by atomic mass is 31.1. The smallest absolute Gasteiger partial charge is 0.151 e. The van der Waals surface area contributed by atoms with Crippen molar-refractivity contribution in [1.29, 1.82) is 0 Å². The molecule has 2 heterocycles. The maximum atomic E-state index is 12.8. The van der Waals surface area contributed by atoms with Gasteiger partial charge < -0.3 is 0 Å². The van der Waals surface area contributed by atoms with Crippen LogP contribution in [0.3, 0.4) is 0 Å². The molecule has 0 N–H and O–H groups in total. The number of benzene rings is 4. The second-order valence-electron chi connectivity index (χ2n) is 8.49. The molecule has 0 fully saturated rings. The summed E-state index contributed by atoms with van der Waals surface area (Å²) < 4.78 is 0. The molecule has 4 aromatic rings. The Kier molecular flexibility index (Phi) is 4.93. The molecular formula is C31H23OP. The summed E-state index contributed by atoms with van der Waals surface area (Å²) in [7, 11) is -0.916. The molecule has 0 amide bonds. The predicted octanol–water partition coefficient (Wildman–Crippen LogP) is 7.72. The summed E-state index contributed by atoms with van der Waals surface area (Å²) >= 11 is 0. The van der Waals surface area contributed by atoms with Crippen molar-refractivity contribution in [2.45, 2.75) is 10.8 Å². The minimum absolute atomic E-state index is 0.198. The standard InChI is InChI=1S/C31H23OP/c32-22-29-30(24-15-7-2-8-16-24)27-21-28(23-13-5-1-6-14-23)33(29)31(27,25-17-9-3-10-18-25)26-19-11-4-12-20-26/h1-22,28H. The van der Waals surface area contributed by atoms with Crippen LogP contribution in [-0.2, 0) is 9.95 Å². The fourth-order valence-corrected chi connectivity index (χ4v) is 9.33. The Hall–Kier alpha value is -3.54. The first-order chi connectivity index (χ1) is 16.4. The van der Waals surface area contributed by atoms with E-state index in [4.69, 9.17) is 0 Å². The van der Waals surface area contributed by atoms with Crippen LogP contribution in [0.15, 0.2) is 138 Å². The Morgan fingerprint density at radius 1 is 0.636 bits per heavy atom. The predicted molar refractivity (Wildman–Crippen MR) is 137 cm³/mol. The third kappa shape index (κ3) is 2.93. The van der Waals surface area contributed by atoms with Gasteiger partial charge in [0.2, 0.25) is 0 Å². The van der Waals surface area contributed by atoms with E-state index in [1.54, 1.807) is 0 Å². The quantitative estimate of drug-likeness (QED) is 0.228. The van der Waals surface area contributed by atoms with E-state index >= 15 is 0 Å². The highest BCUT2D eigenvalue weighted by Gasteiger charge is 2.59. The van der Waals surface area contributed by atoms with Crippen LogP contribution in [0.5, 0.6) is 0 Å². The lowest BCUT2D eigenvalue weighted by atomic mass is 9.78. The van der Waals surface area contributed by atoms with Crippen LogP contribution in [0.4, 0.5) is 0 Å². The van der Waals surface area contributed by atoms with Gasteiger partial charge >= 0.3 is 0 Å². The van der Waals surface area contributed by atoms with Gasteiger partial charge in [0, 0.05) is 11.0 Å². The Bertz CT molecular complexity index is 1320. The van der Waals surface area contributed by atoms with E-state index < -0.39 is 7.92 Å². The highest BCUT2D eigenvalue weighted by Crippen LogP contribution is 2.84. The normalized spacial score (nSPS) is 20.5. The molecule has 158 valence electrons. The van der Waals surface area contributed by atoms with Gasteiger partial charge in [-0.05, 0) is 41.3 Å². The van der Waals surface area contributed by atoms with Crippen molar-refractivity contribution >= 4 is 19.8 Å². The molecule has 2 bridgehead atoms. The van der Waals surface area contributed by atoms with Crippen molar-refractivity contribution in [2.75, 3.05) is 0 Å². The largest absolute Gasteiger partial charge is 0.298 e. The molecule has 2 heteroatoms. The summed E-state index contributed by atoms with van der Waals surface area (Å²) in [6.45, 7) is 0. The van der Waals surface area contributed by atoms with Gasteiger partial charge in [-0.3, -0.25) is 4.79 Å². The Labute approximate surface area is 195 Å². The van der Waals surface area contributed by atoms with Crippen LogP contribution in [-0.4, -0.2) is 6.29 Å². The molecule has 0 aromatic heterocycles. The maximum Gasteiger partial charge on any atom is 0.151 e. The van der Waals surface area contributed by atoms with Crippen molar-refractivity contribution < 1.29 is 4.79 Å². The Morgan fingerprint density at radius 3 is 1.64 bits per heavy atom. The van der Waals surface area contributed by atoms with Gasteiger partial charge in [-0.1, -0.05) is 127 Å². The fourth-order valence-electron chi connectivity index (χ4n) is 5.58. The zero-order chi connectivity index (χ0) is 22.3. The number of allylic oxidation sites excluding steroid dienone is 4. The summed E-state index contributed by atoms with van der Waals surface area (Å²) in [5.41, 5.74) is 7.52. The van der Waals surface area contributed by atoms with Gasteiger partial charge in [-0.25, -0.2) is 0 Å². The number of carbonyl (C=O) groups is 1. The minimum atomic E-state index is -0.916. The lowest BCUT2D eigenvalue weighted by molar-refractivity contribution is -0.104. The lowest BCUT2D eigenvalue weighted by Crippen LogP contribution is -2.23. The van der Waals surface area contributed by atoms with E-state index in [1.807, 2.05) is 6.07 Å². The molecular weight excluding hydrogens is 419 g/mol.